The number of anilines is 1. The van der Waals surface area contributed by atoms with Gasteiger partial charge in [0, 0.05) is 16.0 Å². The number of phenolic OH excluding ortho intramolecular Hbond substituents is 1. The molecular weight excluding hydrogens is 266 g/mol. The molecule has 0 aliphatic carbocycles. The van der Waals surface area contributed by atoms with Gasteiger partial charge >= 0.3 is 0 Å². The second kappa shape index (κ2) is 5.55. The summed E-state index contributed by atoms with van der Waals surface area (Å²) < 4.78 is 1.30. The second-order valence-electron chi connectivity index (χ2n) is 4.84. The van der Waals surface area contributed by atoms with Gasteiger partial charge in [-0.1, -0.05) is 25.1 Å². The van der Waals surface area contributed by atoms with E-state index < -0.39 is 0 Å². The third-order valence-corrected chi connectivity index (χ3v) is 4.41. The number of fused-ring (bicyclic) bond motifs is 1. The maximum absolute atomic E-state index is 9.99. The molecule has 1 atom stereocenters. The molecule has 2 N–H and O–H groups in total. The average molecular weight is 283 g/mol. The molecule has 2 aromatic carbocycles. The first kappa shape index (κ1) is 13.0. The van der Waals surface area contributed by atoms with Crippen LogP contribution in [0.3, 0.4) is 0 Å². The lowest BCUT2D eigenvalue weighted by atomic mass is 10.0. The van der Waals surface area contributed by atoms with Gasteiger partial charge in [-0.05, 0) is 47.5 Å². The van der Waals surface area contributed by atoms with Crippen LogP contribution in [0.25, 0.3) is 10.1 Å². The van der Waals surface area contributed by atoms with E-state index in [-0.39, 0.29) is 6.04 Å². The summed E-state index contributed by atoms with van der Waals surface area (Å²) in [5, 5.41) is 16.9. The van der Waals surface area contributed by atoms with Gasteiger partial charge < -0.3 is 10.4 Å². The zero-order valence-electron chi connectivity index (χ0n) is 11.3. The fourth-order valence-electron chi connectivity index (χ4n) is 2.44. The number of benzene rings is 2. The molecular formula is C17H17NOS. The molecule has 0 aliphatic rings. The average Bonchev–Trinajstić information content (AvgIpc) is 2.93. The van der Waals surface area contributed by atoms with Crippen molar-refractivity contribution in [1.29, 1.82) is 0 Å². The molecule has 0 saturated heterocycles. The van der Waals surface area contributed by atoms with Gasteiger partial charge in [-0.25, -0.2) is 0 Å². The lowest BCUT2D eigenvalue weighted by Gasteiger charge is -2.19. The van der Waals surface area contributed by atoms with Crippen LogP contribution in [-0.4, -0.2) is 5.11 Å². The second-order valence-corrected chi connectivity index (χ2v) is 5.78. The Labute approximate surface area is 122 Å². The highest BCUT2D eigenvalue weighted by molar-refractivity contribution is 7.17. The Hall–Kier alpha value is -2.00. The van der Waals surface area contributed by atoms with E-state index in [0.29, 0.717) is 5.75 Å². The monoisotopic (exact) mass is 283 g/mol. The van der Waals surface area contributed by atoms with Crippen molar-refractivity contribution in [1.82, 2.24) is 0 Å². The number of hydrogen-bond donors (Lipinski definition) is 2. The molecule has 3 aromatic rings. The Morgan fingerprint density at radius 2 is 2.00 bits per heavy atom. The third kappa shape index (κ3) is 2.49. The zero-order chi connectivity index (χ0) is 13.9. The highest BCUT2D eigenvalue weighted by Crippen LogP contribution is 2.31. The van der Waals surface area contributed by atoms with Crippen molar-refractivity contribution in [2.24, 2.45) is 0 Å². The fraction of sp³-hybridized carbons (Fsp3) is 0.176. The minimum atomic E-state index is 0.118. The third-order valence-electron chi connectivity index (χ3n) is 3.51. The molecule has 1 aromatic heterocycles. The van der Waals surface area contributed by atoms with Gasteiger partial charge in [0.25, 0.3) is 0 Å². The van der Waals surface area contributed by atoms with Gasteiger partial charge in [0.15, 0.2) is 0 Å². The van der Waals surface area contributed by atoms with Crippen LogP contribution in [0.15, 0.2) is 53.9 Å². The van der Waals surface area contributed by atoms with Crippen LogP contribution in [0.4, 0.5) is 5.69 Å². The number of thiophene rings is 1. The van der Waals surface area contributed by atoms with Crippen molar-refractivity contribution >= 4 is 27.1 Å². The molecule has 3 rings (SSSR count). The molecule has 1 heterocycles. The van der Waals surface area contributed by atoms with Crippen LogP contribution in [0, 0.1) is 0 Å². The number of hydrogen-bond acceptors (Lipinski definition) is 3. The minimum Gasteiger partial charge on any atom is -0.508 e. The van der Waals surface area contributed by atoms with Gasteiger partial charge in [-0.15, -0.1) is 11.3 Å². The van der Waals surface area contributed by atoms with Crippen molar-refractivity contribution in [2.45, 2.75) is 19.4 Å². The Bertz CT molecular complexity index is 720. The van der Waals surface area contributed by atoms with E-state index in [0.717, 1.165) is 17.7 Å². The SMILES string of the molecule is CCC(Nc1ccc2sccc2c1)c1ccccc1O. The lowest BCUT2D eigenvalue weighted by molar-refractivity contribution is 0.463. The van der Waals surface area contributed by atoms with Crippen LogP contribution in [0.1, 0.15) is 24.9 Å². The van der Waals surface area contributed by atoms with Crippen molar-refractivity contribution in [2.75, 3.05) is 5.32 Å². The molecule has 0 spiro atoms. The predicted molar refractivity (Wildman–Crippen MR) is 86.6 cm³/mol. The molecule has 3 heteroatoms. The van der Waals surface area contributed by atoms with Gasteiger partial charge in [0.05, 0.1) is 6.04 Å². The van der Waals surface area contributed by atoms with Gasteiger partial charge in [0.1, 0.15) is 5.75 Å². The van der Waals surface area contributed by atoms with Crippen LogP contribution >= 0.6 is 11.3 Å². The molecule has 1 unspecified atom stereocenters. The Morgan fingerprint density at radius 3 is 2.80 bits per heavy atom. The Kier molecular flexibility index (Phi) is 3.61. The summed E-state index contributed by atoms with van der Waals surface area (Å²) >= 11 is 1.75. The minimum absolute atomic E-state index is 0.118. The predicted octanol–water partition coefficient (Wildman–Crippen LogP) is 5.17. The molecule has 102 valence electrons. The van der Waals surface area contributed by atoms with E-state index in [1.807, 2.05) is 18.2 Å². The van der Waals surface area contributed by atoms with Crippen LogP contribution in [-0.2, 0) is 0 Å². The summed E-state index contributed by atoms with van der Waals surface area (Å²) in [4.78, 5) is 0. The molecule has 0 aliphatic heterocycles. The zero-order valence-corrected chi connectivity index (χ0v) is 12.2. The van der Waals surface area contributed by atoms with Gasteiger partial charge in [-0.2, -0.15) is 0 Å². The lowest BCUT2D eigenvalue weighted by Crippen LogP contribution is -2.09. The summed E-state index contributed by atoms with van der Waals surface area (Å²) in [5.41, 5.74) is 2.03. The summed E-state index contributed by atoms with van der Waals surface area (Å²) in [5.74, 6) is 0.350. The molecule has 0 fully saturated rings. The first-order valence-electron chi connectivity index (χ1n) is 6.79. The maximum atomic E-state index is 9.99. The highest BCUT2D eigenvalue weighted by atomic mass is 32.1. The molecule has 20 heavy (non-hydrogen) atoms. The van der Waals surface area contributed by atoms with Crippen molar-refractivity contribution in [3.63, 3.8) is 0 Å². The first-order valence-corrected chi connectivity index (χ1v) is 7.67. The van der Waals surface area contributed by atoms with Crippen LogP contribution < -0.4 is 5.32 Å². The van der Waals surface area contributed by atoms with E-state index in [1.54, 1.807) is 17.4 Å². The molecule has 0 amide bonds. The van der Waals surface area contributed by atoms with E-state index in [1.165, 1.54) is 10.1 Å². The smallest absolute Gasteiger partial charge is 0.120 e. The van der Waals surface area contributed by atoms with Gasteiger partial charge in [-0.3, -0.25) is 0 Å². The normalized spacial score (nSPS) is 12.4. The van der Waals surface area contributed by atoms with E-state index in [4.69, 9.17) is 0 Å². The number of aromatic hydroxyl groups is 1. The first-order chi connectivity index (χ1) is 9.78. The molecule has 2 nitrogen and oxygen atoms in total. The number of rotatable bonds is 4. The van der Waals surface area contributed by atoms with Crippen LogP contribution in [0.5, 0.6) is 5.75 Å². The van der Waals surface area contributed by atoms with E-state index in [2.05, 4.69) is 41.9 Å². The summed E-state index contributed by atoms with van der Waals surface area (Å²) in [7, 11) is 0. The Balaban J connectivity index is 1.89. The standard InChI is InChI=1S/C17H17NOS/c1-2-15(14-5-3-4-6-16(14)19)18-13-7-8-17-12(11-13)9-10-20-17/h3-11,15,18-19H,2H2,1H3. The molecule has 0 bridgehead atoms. The molecule has 0 radical (unpaired) electrons. The topological polar surface area (TPSA) is 32.3 Å². The largest absolute Gasteiger partial charge is 0.508 e. The van der Waals surface area contributed by atoms with Crippen molar-refractivity contribution < 1.29 is 5.11 Å². The van der Waals surface area contributed by atoms with Crippen LogP contribution in [0.2, 0.25) is 0 Å². The summed E-state index contributed by atoms with van der Waals surface area (Å²) in [6, 6.07) is 16.2. The van der Waals surface area contributed by atoms with Gasteiger partial charge in [0.2, 0.25) is 0 Å². The number of para-hydroxylation sites is 1. The van der Waals surface area contributed by atoms with E-state index in [9.17, 15) is 5.11 Å². The van der Waals surface area contributed by atoms with Crippen molar-refractivity contribution in [3.8, 4) is 5.75 Å². The number of nitrogens with one attached hydrogen (secondary N) is 1. The highest BCUT2D eigenvalue weighted by Gasteiger charge is 2.13. The van der Waals surface area contributed by atoms with Crippen molar-refractivity contribution in [3.05, 3.63) is 59.5 Å². The summed E-state index contributed by atoms with van der Waals surface area (Å²) in [6.07, 6.45) is 0.916. The fourth-order valence-corrected chi connectivity index (χ4v) is 3.21. The molecule has 0 saturated carbocycles. The number of phenols is 1. The quantitative estimate of drug-likeness (QED) is 0.692. The Morgan fingerprint density at radius 1 is 1.15 bits per heavy atom. The van der Waals surface area contributed by atoms with E-state index >= 15 is 0 Å². The summed E-state index contributed by atoms with van der Waals surface area (Å²) in [6.45, 7) is 2.12. The maximum Gasteiger partial charge on any atom is 0.120 e.